The third-order valence-electron chi connectivity index (χ3n) is 3.19. The number of hydrogen-bond acceptors (Lipinski definition) is 2. The average Bonchev–Trinajstić information content (AvgIpc) is 2.77. The largest absolute Gasteiger partial charge is 0.464 e. The maximum atomic E-state index is 12.0. The minimum atomic E-state index is -0.0536. The fourth-order valence-corrected chi connectivity index (χ4v) is 2.12. The van der Waals surface area contributed by atoms with Crippen LogP contribution in [0.3, 0.4) is 0 Å². The second-order valence-electron chi connectivity index (χ2n) is 4.66. The number of allylic oxidation sites excluding steroid dienone is 2. The van der Waals surface area contributed by atoms with E-state index in [1.807, 2.05) is 26.0 Å². The molecule has 1 aromatic rings. The molecule has 3 nitrogen and oxygen atoms in total. The second-order valence-corrected chi connectivity index (χ2v) is 4.66. The van der Waals surface area contributed by atoms with Crippen LogP contribution in [-0.4, -0.2) is 5.91 Å². The van der Waals surface area contributed by atoms with Crippen LogP contribution in [-0.2, 0) is 4.79 Å². The summed E-state index contributed by atoms with van der Waals surface area (Å²) in [5, 5.41) is 3.01. The Morgan fingerprint density at radius 1 is 1.47 bits per heavy atom. The number of amides is 1. The first-order chi connectivity index (χ1) is 8.16. The molecule has 0 spiro atoms. The third-order valence-corrected chi connectivity index (χ3v) is 3.19. The van der Waals surface area contributed by atoms with Gasteiger partial charge < -0.3 is 9.73 Å². The van der Waals surface area contributed by atoms with Crippen molar-refractivity contribution < 1.29 is 9.21 Å². The Kier molecular flexibility index (Phi) is 3.67. The molecule has 0 saturated heterocycles. The summed E-state index contributed by atoms with van der Waals surface area (Å²) < 4.78 is 5.50. The zero-order valence-electron chi connectivity index (χ0n) is 10.4. The van der Waals surface area contributed by atoms with Crippen LogP contribution in [0.15, 0.2) is 28.7 Å². The van der Waals surface area contributed by atoms with Crippen molar-refractivity contribution in [2.24, 2.45) is 5.92 Å². The van der Waals surface area contributed by atoms with Crippen LogP contribution in [0.25, 0.3) is 0 Å². The van der Waals surface area contributed by atoms with Gasteiger partial charge in [-0.25, -0.2) is 0 Å². The molecular formula is C14H19NO2. The lowest BCUT2D eigenvalue weighted by Crippen LogP contribution is -2.33. The summed E-state index contributed by atoms with van der Waals surface area (Å²) >= 11 is 0. The summed E-state index contributed by atoms with van der Waals surface area (Å²) in [7, 11) is 0. The molecule has 0 aromatic carbocycles. The molecule has 1 amide bonds. The molecule has 1 aliphatic carbocycles. The number of carbonyl (C=O) groups excluding carboxylic acids is 1. The molecule has 2 rings (SSSR count). The van der Waals surface area contributed by atoms with Crippen LogP contribution >= 0.6 is 0 Å². The number of hydrogen-bond donors (Lipinski definition) is 1. The quantitative estimate of drug-likeness (QED) is 0.815. The van der Waals surface area contributed by atoms with Crippen molar-refractivity contribution in [3.8, 4) is 0 Å². The predicted molar refractivity (Wildman–Crippen MR) is 66.5 cm³/mol. The fraction of sp³-hybridized carbons (Fsp3) is 0.500. The van der Waals surface area contributed by atoms with E-state index in [-0.39, 0.29) is 17.9 Å². The molecule has 3 heteroatoms. The smallest absolute Gasteiger partial charge is 0.224 e. The minimum Gasteiger partial charge on any atom is -0.464 e. The first-order valence-corrected chi connectivity index (χ1v) is 6.18. The normalized spacial score (nSPS) is 21.2. The van der Waals surface area contributed by atoms with E-state index in [9.17, 15) is 4.79 Å². The lowest BCUT2D eigenvalue weighted by atomic mass is 9.93. The van der Waals surface area contributed by atoms with E-state index in [4.69, 9.17) is 4.42 Å². The van der Waals surface area contributed by atoms with Gasteiger partial charge in [-0.05, 0) is 45.2 Å². The van der Waals surface area contributed by atoms with Crippen LogP contribution in [0.1, 0.15) is 43.7 Å². The highest BCUT2D eigenvalue weighted by Crippen LogP contribution is 2.21. The molecule has 0 fully saturated rings. The van der Waals surface area contributed by atoms with Crippen LogP contribution in [0.2, 0.25) is 0 Å². The van der Waals surface area contributed by atoms with Crippen LogP contribution in [0.4, 0.5) is 0 Å². The molecule has 1 N–H and O–H groups in total. The van der Waals surface area contributed by atoms with Gasteiger partial charge >= 0.3 is 0 Å². The molecule has 2 unspecified atom stereocenters. The Morgan fingerprint density at radius 2 is 2.29 bits per heavy atom. The van der Waals surface area contributed by atoms with Gasteiger partial charge in [0.15, 0.2) is 0 Å². The zero-order valence-corrected chi connectivity index (χ0v) is 10.4. The molecule has 2 atom stereocenters. The standard InChI is InChI=1S/C14H19NO2/c1-10-8-9-13(17-10)11(2)15-14(16)12-6-4-3-5-7-12/h3-4,8-9,11-12H,5-7H2,1-2H3,(H,15,16). The average molecular weight is 233 g/mol. The summed E-state index contributed by atoms with van der Waals surface area (Å²) in [4.78, 5) is 12.0. The van der Waals surface area contributed by atoms with Gasteiger partial charge in [0.05, 0.1) is 6.04 Å². The van der Waals surface area contributed by atoms with Crippen LogP contribution < -0.4 is 5.32 Å². The highest BCUT2D eigenvalue weighted by atomic mass is 16.3. The molecular weight excluding hydrogens is 214 g/mol. The third kappa shape index (κ3) is 2.99. The summed E-state index contributed by atoms with van der Waals surface area (Å²) in [5.74, 6) is 1.96. The predicted octanol–water partition coefficient (Wildman–Crippen LogP) is 3.12. The van der Waals surface area contributed by atoms with Gasteiger partial charge in [-0.1, -0.05) is 12.2 Å². The van der Waals surface area contributed by atoms with Crippen molar-refractivity contribution in [3.63, 3.8) is 0 Å². The highest BCUT2D eigenvalue weighted by Gasteiger charge is 2.21. The van der Waals surface area contributed by atoms with E-state index in [2.05, 4.69) is 17.5 Å². The van der Waals surface area contributed by atoms with Crippen molar-refractivity contribution in [1.82, 2.24) is 5.32 Å². The van der Waals surface area contributed by atoms with Crippen molar-refractivity contribution in [2.75, 3.05) is 0 Å². The first kappa shape index (κ1) is 12.0. The molecule has 17 heavy (non-hydrogen) atoms. The van der Waals surface area contributed by atoms with Gasteiger partial charge in [-0.3, -0.25) is 4.79 Å². The monoisotopic (exact) mass is 233 g/mol. The topological polar surface area (TPSA) is 42.2 Å². The summed E-state index contributed by atoms with van der Waals surface area (Å²) in [6.07, 6.45) is 7.05. The zero-order chi connectivity index (χ0) is 12.3. The van der Waals surface area contributed by atoms with Crippen LogP contribution in [0, 0.1) is 12.8 Å². The number of nitrogens with one attached hydrogen (secondary N) is 1. The highest BCUT2D eigenvalue weighted by molar-refractivity contribution is 5.79. The molecule has 1 heterocycles. The lowest BCUT2D eigenvalue weighted by Gasteiger charge is -2.19. The molecule has 1 aliphatic rings. The van der Waals surface area contributed by atoms with E-state index < -0.39 is 0 Å². The summed E-state index contributed by atoms with van der Waals surface area (Å²) in [5.41, 5.74) is 0. The van der Waals surface area contributed by atoms with Crippen molar-refractivity contribution in [3.05, 3.63) is 35.8 Å². The van der Waals surface area contributed by atoms with Crippen LogP contribution in [0.5, 0.6) is 0 Å². The summed E-state index contributed by atoms with van der Waals surface area (Å²) in [6.45, 7) is 3.86. The van der Waals surface area contributed by atoms with E-state index in [1.54, 1.807) is 0 Å². The summed E-state index contributed by atoms with van der Waals surface area (Å²) in [6, 6.07) is 3.78. The van der Waals surface area contributed by atoms with E-state index in [1.165, 1.54) is 0 Å². The molecule has 0 bridgehead atoms. The maximum Gasteiger partial charge on any atom is 0.224 e. The van der Waals surface area contributed by atoms with E-state index in [0.717, 1.165) is 30.8 Å². The Labute approximate surface area is 102 Å². The Bertz CT molecular complexity index is 420. The molecule has 0 aliphatic heterocycles. The van der Waals surface area contributed by atoms with E-state index >= 15 is 0 Å². The lowest BCUT2D eigenvalue weighted by molar-refractivity contribution is -0.126. The van der Waals surface area contributed by atoms with Gasteiger partial charge in [-0.15, -0.1) is 0 Å². The number of aryl methyl sites for hydroxylation is 1. The number of furan rings is 1. The molecule has 1 aromatic heterocycles. The molecule has 0 radical (unpaired) electrons. The van der Waals surface area contributed by atoms with Gasteiger partial charge in [-0.2, -0.15) is 0 Å². The Hall–Kier alpha value is -1.51. The van der Waals surface area contributed by atoms with Gasteiger partial charge in [0, 0.05) is 5.92 Å². The van der Waals surface area contributed by atoms with Crippen molar-refractivity contribution in [2.45, 2.75) is 39.2 Å². The first-order valence-electron chi connectivity index (χ1n) is 6.18. The van der Waals surface area contributed by atoms with Gasteiger partial charge in [0.2, 0.25) is 5.91 Å². The maximum absolute atomic E-state index is 12.0. The SMILES string of the molecule is Cc1ccc(C(C)NC(=O)C2CC=CCC2)o1. The minimum absolute atomic E-state index is 0.0536. The van der Waals surface area contributed by atoms with E-state index in [0.29, 0.717) is 0 Å². The van der Waals surface area contributed by atoms with Crippen molar-refractivity contribution in [1.29, 1.82) is 0 Å². The fourth-order valence-electron chi connectivity index (χ4n) is 2.12. The van der Waals surface area contributed by atoms with Gasteiger partial charge in [0.25, 0.3) is 0 Å². The second kappa shape index (κ2) is 5.21. The molecule has 0 saturated carbocycles. The molecule has 92 valence electrons. The Morgan fingerprint density at radius 3 is 2.88 bits per heavy atom. The Balaban J connectivity index is 1.92. The van der Waals surface area contributed by atoms with Gasteiger partial charge in [0.1, 0.15) is 11.5 Å². The number of carbonyl (C=O) groups is 1. The number of rotatable bonds is 3. The van der Waals surface area contributed by atoms with Crippen molar-refractivity contribution >= 4 is 5.91 Å².